The number of hydrogen-bond acceptors (Lipinski definition) is 3. The Labute approximate surface area is 96.8 Å². The van der Waals surface area contributed by atoms with Gasteiger partial charge in [-0.3, -0.25) is 0 Å². The van der Waals surface area contributed by atoms with E-state index in [0.717, 1.165) is 5.92 Å². The Kier molecular flexibility index (Phi) is 3.66. The lowest BCUT2D eigenvalue weighted by Gasteiger charge is -2.21. The molecule has 0 radical (unpaired) electrons. The van der Waals surface area contributed by atoms with E-state index in [9.17, 15) is 5.11 Å². The van der Waals surface area contributed by atoms with Gasteiger partial charge in [-0.15, -0.1) is 0 Å². The molecular formula is C13H21NO2. The van der Waals surface area contributed by atoms with Crippen LogP contribution < -0.4 is 5.32 Å². The van der Waals surface area contributed by atoms with E-state index < -0.39 is 6.10 Å². The minimum absolute atomic E-state index is 0.530. The lowest BCUT2D eigenvalue weighted by Crippen LogP contribution is -2.35. The summed E-state index contributed by atoms with van der Waals surface area (Å²) in [5.41, 5.74) is 0. The third-order valence-corrected chi connectivity index (χ3v) is 3.91. The topological polar surface area (TPSA) is 45.4 Å². The van der Waals surface area contributed by atoms with Crippen LogP contribution in [-0.4, -0.2) is 17.7 Å². The first kappa shape index (κ1) is 11.7. The zero-order valence-electron chi connectivity index (χ0n) is 10.0. The van der Waals surface area contributed by atoms with Gasteiger partial charge in [0.1, 0.15) is 11.9 Å². The predicted octanol–water partition coefficient (Wildman–Crippen LogP) is 2.34. The molecule has 0 bridgehead atoms. The largest absolute Gasteiger partial charge is 0.467 e. The second-order valence-corrected chi connectivity index (χ2v) is 4.96. The van der Waals surface area contributed by atoms with Crippen molar-refractivity contribution in [3.05, 3.63) is 24.2 Å². The van der Waals surface area contributed by atoms with Gasteiger partial charge in [0, 0.05) is 12.6 Å². The molecule has 0 spiro atoms. The molecule has 1 fully saturated rings. The molecule has 2 N–H and O–H groups in total. The third kappa shape index (κ3) is 2.47. The van der Waals surface area contributed by atoms with Crippen molar-refractivity contribution in [3.8, 4) is 0 Å². The van der Waals surface area contributed by atoms with E-state index in [1.165, 1.54) is 12.8 Å². The van der Waals surface area contributed by atoms with E-state index in [1.54, 1.807) is 12.3 Å². The van der Waals surface area contributed by atoms with Crippen LogP contribution >= 0.6 is 0 Å². The summed E-state index contributed by atoms with van der Waals surface area (Å²) in [6.45, 7) is 5.17. The molecule has 1 aromatic heterocycles. The molecule has 3 nitrogen and oxygen atoms in total. The molecule has 1 aliphatic carbocycles. The average molecular weight is 223 g/mol. The highest BCUT2D eigenvalue weighted by molar-refractivity contribution is 5.02. The van der Waals surface area contributed by atoms with Crippen molar-refractivity contribution in [2.24, 2.45) is 11.8 Å². The molecule has 1 aromatic rings. The second-order valence-electron chi connectivity index (χ2n) is 4.96. The van der Waals surface area contributed by atoms with Gasteiger partial charge in [0.2, 0.25) is 0 Å². The lowest BCUT2D eigenvalue weighted by molar-refractivity contribution is 0.140. The maximum Gasteiger partial charge on any atom is 0.133 e. The Morgan fingerprint density at radius 1 is 1.50 bits per heavy atom. The summed E-state index contributed by atoms with van der Waals surface area (Å²) in [7, 11) is 0. The SMILES string of the molecule is CC1CCC(NCC(O)c2ccco2)C1C. The smallest absolute Gasteiger partial charge is 0.133 e. The summed E-state index contributed by atoms with van der Waals surface area (Å²) >= 11 is 0. The molecule has 1 saturated carbocycles. The summed E-state index contributed by atoms with van der Waals surface area (Å²) in [6, 6.07) is 4.16. The van der Waals surface area contributed by atoms with Gasteiger partial charge in [-0.1, -0.05) is 13.8 Å². The summed E-state index contributed by atoms with van der Waals surface area (Å²) in [4.78, 5) is 0. The van der Waals surface area contributed by atoms with Crippen LogP contribution in [0.2, 0.25) is 0 Å². The number of hydrogen-bond donors (Lipinski definition) is 2. The van der Waals surface area contributed by atoms with Crippen LogP contribution in [0.4, 0.5) is 0 Å². The molecule has 1 aliphatic rings. The van der Waals surface area contributed by atoms with E-state index in [-0.39, 0.29) is 0 Å². The van der Waals surface area contributed by atoms with Gasteiger partial charge in [-0.25, -0.2) is 0 Å². The van der Waals surface area contributed by atoms with Crippen molar-refractivity contribution in [3.63, 3.8) is 0 Å². The standard InChI is InChI=1S/C13H21NO2/c1-9-5-6-11(10(9)2)14-8-12(15)13-4-3-7-16-13/h3-4,7,9-12,14-15H,5-6,8H2,1-2H3. The number of furan rings is 1. The predicted molar refractivity (Wildman–Crippen MR) is 63.0 cm³/mol. The van der Waals surface area contributed by atoms with Gasteiger partial charge < -0.3 is 14.8 Å². The second kappa shape index (κ2) is 5.02. The van der Waals surface area contributed by atoms with Gasteiger partial charge in [-0.2, -0.15) is 0 Å². The summed E-state index contributed by atoms with van der Waals surface area (Å²) in [5, 5.41) is 13.3. The molecule has 0 aliphatic heterocycles. The first-order chi connectivity index (χ1) is 7.68. The highest BCUT2D eigenvalue weighted by Crippen LogP contribution is 2.31. The van der Waals surface area contributed by atoms with Crippen molar-refractivity contribution in [2.45, 2.75) is 38.8 Å². The number of aliphatic hydroxyl groups excluding tert-OH is 1. The fourth-order valence-corrected chi connectivity index (χ4v) is 2.50. The van der Waals surface area contributed by atoms with Crippen molar-refractivity contribution in [2.75, 3.05) is 6.54 Å². The monoisotopic (exact) mass is 223 g/mol. The zero-order valence-corrected chi connectivity index (χ0v) is 10.0. The average Bonchev–Trinajstić information content (AvgIpc) is 2.89. The molecular weight excluding hydrogens is 202 g/mol. The highest BCUT2D eigenvalue weighted by Gasteiger charge is 2.29. The van der Waals surface area contributed by atoms with E-state index in [1.807, 2.05) is 6.07 Å². The number of rotatable bonds is 4. The fourth-order valence-electron chi connectivity index (χ4n) is 2.50. The van der Waals surface area contributed by atoms with Crippen LogP contribution in [-0.2, 0) is 0 Å². The summed E-state index contributed by atoms with van der Waals surface area (Å²) in [5.74, 6) is 2.13. The highest BCUT2D eigenvalue weighted by atomic mass is 16.4. The molecule has 0 aromatic carbocycles. The molecule has 4 unspecified atom stereocenters. The number of nitrogens with one attached hydrogen (secondary N) is 1. The molecule has 0 saturated heterocycles. The minimum atomic E-state index is -0.530. The van der Waals surface area contributed by atoms with Crippen molar-refractivity contribution >= 4 is 0 Å². The molecule has 1 heterocycles. The number of aliphatic hydroxyl groups is 1. The fraction of sp³-hybridized carbons (Fsp3) is 0.692. The molecule has 16 heavy (non-hydrogen) atoms. The lowest BCUT2D eigenvalue weighted by atomic mass is 9.98. The summed E-state index contributed by atoms with van der Waals surface area (Å²) in [6.07, 6.45) is 3.57. The Morgan fingerprint density at radius 3 is 2.88 bits per heavy atom. The first-order valence-corrected chi connectivity index (χ1v) is 6.13. The van der Waals surface area contributed by atoms with Crippen molar-refractivity contribution in [1.29, 1.82) is 0 Å². The van der Waals surface area contributed by atoms with E-state index >= 15 is 0 Å². The van der Waals surface area contributed by atoms with Crippen LogP contribution in [0.25, 0.3) is 0 Å². The van der Waals surface area contributed by atoms with Crippen molar-refractivity contribution < 1.29 is 9.52 Å². The molecule has 90 valence electrons. The Bertz CT molecular complexity index is 310. The Morgan fingerprint density at radius 2 is 2.31 bits per heavy atom. The van der Waals surface area contributed by atoms with Crippen LogP contribution in [0.15, 0.2) is 22.8 Å². The van der Waals surface area contributed by atoms with E-state index in [2.05, 4.69) is 19.2 Å². The van der Waals surface area contributed by atoms with Crippen LogP contribution in [0.5, 0.6) is 0 Å². The molecule has 3 heteroatoms. The quantitative estimate of drug-likeness (QED) is 0.823. The summed E-state index contributed by atoms with van der Waals surface area (Å²) < 4.78 is 5.17. The molecule has 4 atom stereocenters. The normalized spacial score (nSPS) is 31.8. The van der Waals surface area contributed by atoms with E-state index in [0.29, 0.717) is 24.3 Å². The van der Waals surface area contributed by atoms with Crippen molar-refractivity contribution in [1.82, 2.24) is 5.32 Å². The van der Waals surface area contributed by atoms with Gasteiger partial charge in [0.05, 0.1) is 6.26 Å². The van der Waals surface area contributed by atoms with Gasteiger partial charge in [-0.05, 0) is 36.8 Å². The molecule has 2 rings (SSSR count). The van der Waals surface area contributed by atoms with E-state index in [4.69, 9.17) is 4.42 Å². The maximum absolute atomic E-state index is 9.87. The van der Waals surface area contributed by atoms with Crippen LogP contribution in [0.1, 0.15) is 38.6 Å². The van der Waals surface area contributed by atoms with Gasteiger partial charge in [0.25, 0.3) is 0 Å². The van der Waals surface area contributed by atoms with Crippen LogP contribution in [0.3, 0.4) is 0 Å². The minimum Gasteiger partial charge on any atom is -0.467 e. The van der Waals surface area contributed by atoms with Crippen LogP contribution in [0, 0.1) is 11.8 Å². The molecule has 0 amide bonds. The first-order valence-electron chi connectivity index (χ1n) is 6.13. The van der Waals surface area contributed by atoms with Gasteiger partial charge in [0.15, 0.2) is 0 Å². The third-order valence-electron chi connectivity index (χ3n) is 3.91. The van der Waals surface area contributed by atoms with Gasteiger partial charge >= 0.3 is 0 Å². The Balaban J connectivity index is 1.79. The maximum atomic E-state index is 9.87. The Hall–Kier alpha value is -0.800. The zero-order chi connectivity index (χ0) is 11.5.